The van der Waals surface area contributed by atoms with E-state index in [0.29, 0.717) is 28.9 Å². The maximum atomic E-state index is 13.6. The summed E-state index contributed by atoms with van der Waals surface area (Å²) < 4.78 is 47.0. The molecule has 1 heterocycles. The van der Waals surface area contributed by atoms with Crippen LogP contribution in [0.25, 0.3) is 11.1 Å². The van der Waals surface area contributed by atoms with Crippen molar-refractivity contribution in [2.75, 3.05) is 26.7 Å². The Kier molecular flexibility index (Phi) is 9.31. The first kappa shape index (κ1) is 27.4. The van der Waals surface area contributed by atoms with Gasteiger partial charge in [0.2, 0.25) is 0 Å². The Bertz CT molecular complexity index is 1140. The van der Waals surface area contributed by atoms with E-state index in [0.717, 1.165) is 38.1 Å². The van der Waals surface area contributed by atoms with E-state index < -0.39 is 11.7 Å². The van der Waals surface area contributed by atoms with E-state index in [1.807, 2.05) is 38.1 Å². The largest absolute Gasteiger partial charge is 0.416 e. The second-order valence-corrected chi connectivity index (χ2v) is 9.05. The van der Waals surface area contributed by atoms with Gasteiger partial charge < -0.3 is 9.64 Å². The normalized spacial score (nSPS) is 15.5. The highest BCUT2D eigenvalue weighted by Crippen LogP contribution is 2.37. The first-order valence-corrected chi connectivity index (χ1v) is 12.3. The molecule has 3 aromatic carbocycles. The minimum Gasteiger partial charge on any atom is -0.376 e. The Morgan fingerprint density at radius 1 is 0.917 bits per heavy atom. The molecule has 6 heteroatoms. The number of halogens is 3. The number of benzene rings is 3. The van der Waals surface area contributed by atoms with Crippen LogP contribution in [0.4, 0.5) is 13.2 Å². The van der Waals surface area contributed by atoms with Gasteiger partial charge in [0.25, 0.3) is 0 Å². The van der Waals surface area contributed by atoms with Crippen molar-refractivity contribution < 1.29 is 17.9 Å². The monoisotopic (exact) mass is 494 g/mol. The lowest BCUT2D eigenvalue weighted by molar-refractivity contribution is -0.137. The molecule has 0 amide bonds. The van der Waals surface area contributed by atoms with E-state index in [4.69, 9.17) is 10.00 Å². The second kappa shape index (κ2) is 12.2. The summed E-state index contributed by atoms with van der Waals surface area (Å²) in [6.07, 6.45) is -2.59. The van der Waals surface area contributed by atoms with Crippen molar-refractivity contribution in [1.82, 2.24) is 4.90 Å². The Morgan fingerprint density at radius 2 is 1.56 bits per heavy atom. The van der Waals surface area contributed by atoms with Gasteiger partial charge in [-0.25, -0.2) is 0 Å². The molecule has 0 unspecified atom stereocenters. The summed E-state index contributed by atoms with van der Waals surface area (Å²) >= 11 is 0. The molecule has 0 atom stereocenters. The van der Waals surface area contributed by atoms with Crippen molar-refractivity contribution in [3.8, 4) is 17.2 Å². The summed E-state index contributed by atoms with van der Waals surface area (Å²) in [7, 11) is 2.10. The molecular formula is C30H33F3N2O. The number of nitriles is 1. The van der Waals surface area contributed by atoms with Crippen molar-refractivity contribution in [3.63, 3.8) is 0 Å². The quantitative estimate of drug-likeness (QED) is 0.357. The minimum atomic E-state index is -4.46. The lowest BCUT2D eigenvalue weighted by atomic mass is 9.73. The Hall–Kier alpha value is -3.14. The molecule has 1 aliphatic rings. The van der Waals surface area contributed by atoms with Crippen LogP contribution in [0, 0.1) is 11.3 Å². The van der Waals surface area contributed by atoms with Gasteiger partial charge in [0.1, 0.15) is 0 Å². The van der Waals surface area contributed by atoms with Gasteiger partial charge in [-0.15, -0.1) is 0 Å². The molecule has 36 heavy (non-hydrogen) atoms. The van der Waals surface area contributed by atoms with E-state index >= 15 is 0 Å². The molecule has 4 rings (SSSR count). The SMILES string of the molecule is CC.CN1CCC(COCc2cc(-c3ccc(C#N)cc3)cc(C(F)(F)F)c2)(c2ccccc2)CC1. The molecule has 3 nitrogen and oxygen atoms in total. The van der Waals surface area contributed by atoms with Gasteiger partial charge in [-0.05, 0) is 85.6 Å². The fourth-order valence-electron chi connectivity index (χ4n) is 4.56. The first-order valence-electron chi connectivity index (χ1n) is 12.3. The lowest BCUT2D eigenvalue weighted by Crippen LogP contribution is -2.43. The highest BCUT2D eigenvalue weighted by atomic mass is 19.4. The molecule has 0 N–H and O–H groups in total. The zero-order valence-electron chi connectivity index (χ0n) is 21.1. The van der Waals surface area contributed by atoms with E-state index in [9.17, 15) is 13.2 Å². The van der Waals surface area contributed by atoms with Crippen LogP contribution in [-0.4, -0.2) is 31.6 Å². The number of ether oxygens (including phenoxy) is 1. The number of alkyl halides is 3. The minimum absolute atomic E-state index is 0.0949. The first-order chi connectivity index (χ1) is 17.3. The third kappa shape index (κ3) is 6.75. The molecule has 0 bridgehead atoms. The zero-order chi connectivity index (χ0) is 26.2. The second-order valence-electron chi connectivity index (χ2n) is 9.05. The summed E-state index contributed by atoms with van der Waals surface area (Å²) in [6.45, 7) is 6.44. The molecule has 1 fully saturated rings. The van der Waals surface area contributed by atoms with E-state index in [2.05, 4.69) is 24.1 Å². The van der Waals surface area contributed by atoms with Crippen LogP contribution in [0.3, 0.4) is 0 Å². The van der Waals surface area contributed by atoms with E-state index in [-0.39, 0.29) is 12.0 Å². The number of hydrogen-bond donors (Lipinski definition) is 0. The Morgan fingerprint density at radius 3 is 2.14 bits per heavy atom. The average molecular weight is 495 g/mol. The van der Waals surface area contributed by atoms with Gasteiger partial charge in [-0.2, -0.15) is 18.4 Å². The van der Waals surface area contributed by atoms with E-state index in [1.165, 1.54) is 5.56 Å². The summed E-state index contributed by atoms with van der Waals surface area (Å²) in [5.74, 6) is 0. The van der Waals surface area contributed by atoms with Crippen molar-refractivity contribution in [2.24, 2.45) is 0 Å². The van der Waals surface area contributed by atoms with E-state index in [1.54, 1.807) is 30.3 Å². The van der Waals surface area contributed by atoms with Gasteiger partial charge >= 0.3 is 6.18 Å². The number of rotatable bonds is 6. The fourth-order valence-corrected chi connectivity index (χ4v) is 4.56. The Balaban J connectivity index is 0.00000176. The molecule has 1 aliphatic heterocycles. The van der Waals surface area contributed by atoms with Gasteiger partial charge in [0, 0.05) is 5.41 Å². The maximum Gasteiger partial charge on any atom is 0.416 e. The van der Waals surface area contributed by atoms with Gasteiger partial charge in [0.05, 0.1) is 30.4 Å². The predicted molar refractivity (Wildman–Crippen MR) is 137 cm³/mol. The number of piperidine rings is 1. The third-order valence-corrected chi connectivity index (χ3v) is 6.64. The van der Waals surface area contributed by atoms with Gasteiger partial charge in [-0.3, -0.25) is 0 Å². The van der Waals surface area contributed by atoms with Gasteiger partial charge in [0.15, 0.2) is 0 Å². The van der Waals surface area contributed by atoms with Crippen molar-refractivity contribution in [3.05, 3.63) is 95.1 Å². The van der Waals surface area contributed by atoms with Crippen LogP contribution in [0.5, 0.6) is 0 Å². The lowest BCUT2D eigenvalue weighted by Gasteiger charge is -2.41. The molecule has 190 valence electrons. The molecule has 1 saturated heterocycles. The molecular weight excluding hydrogens is 461 g/mol. The summed E-state index contributed by atoms with van der Waals surface area (Å²) in [6, 6.07) is 22.9. The third-order valence-electron chi connectivity index (χ3n) is 6.64. The predicted octanol–water partition coefficient (Wildman–Crippen LogP) is 7.45. The van der Waals surface area contributed by atoms with Crippen molar-refractivity contribution in [1.29, 1.82) is 5.26 Å². The zero-order valence-corrected chi connectivity index (χ0v) is 21.1. The highest BCUT2D eigenvalue weighted by Gasteiger charge is 2.36. The van der Waals surface area contributed by atoms with Crippen LogP contribution < -0.4 is 0 Å². The average Bonchev–Trinajstić information content (AvgIpc) is 2.91. The molecule has 0 saturated carbocycles. The molecule has 3 aromatic rings. The van der Waals surface area contributed by atoms with Crippen molar-refractivity contribution >= 4 is 0 Å². The molecule has 0 radical (unpaired) electrons. The number of likely N-dealkylation sites (tertiary alicyclic amines) is 1. The van der Waals surface area contributed by atoms with Gasteiger partial charge in [-0.1, -0.05) is 56.3 Å². The standard InChI is InChI=1S/C28H27F3N2O.C2H6/c1-33-13-11-27(12-14-33,25-5-3-2-4-6-25)20-34-19-22-15-24(17-26(16-22)28(29,30)31)23-9-7-21(18-32)8-10-23;1-2/h2-10,15-17H,11-14,19-20H2,1H3;1-2H3. The van der Waals surface area contributed by atoms with Crippen LogP contribution in [-0.2, 0) is 22.9 Å². The smallest absolute Gasteiger partial charge is 0.376 e. The topological polar surface area (TPSA) is 36.3 Å². The Labute approximate surface area is 212 Å². The highest BCUT2D eigenvalue weighted by molar-refractivity contribution is 5.66. The summed E-state index contributed by atoms with van der Waals surface area (Å²) in [5, 5.41) is 9.00. The fraction of sp³-hybridized carbons (Fsp3) is 0.367. The molecule has 0 spiro atoms. The van der Waals surface area contributed by atoms with Crippen molar-refractivity contribution in [2.45, 2.75) is 44.9 Å². The van der Waals surface area contributed by atoms with Crippen LogP contribution in [0.2, 0.25) is 0 Å². The van der Waals surface area contributed by atoms with Crippen LogP contribution in [0.15, 0.2) is 72.8 Å². The maximum absolute atomic E-state index is 13.6. The van der Waals surface area contributed by atoms with Crippen LogP contribution >= 0.6 is 0 Å². The summed E-state index contributed by atoms with van der Waals surface area (Å²) in [5.41, 5.74) is 2.38. The number of hydrogen-bond acceptors (Lipinski definition) is 3. The molecule has 0 aromatic heterocycles. The summed E-state index contributed by atoms with van der Waals surface area (Å²) in [4.78, 5) is 2.29. The molecule has 0 aliphatic carbocycles. The van der Waals surface area contributed by atoms with Crippen LogP contribution in [0.1, 0.15) is 48.9 Å². The number of nitrogens with zero attached hydrogens (tertiary/aromatic N) is 2.